The Kier molecular flexibility index (Phi) is 5.68. The van der Waals surface area contributed by atoms with Crippen molar-refractivity contribution in [2.24, 2.45) is 0 Å². The lowest BCUT2D eigenvalue weighted by Crippen LogP contribution is -2.35. The molecule has 2 heterocycles. The van der Waals surface area contributed by atoms with Crippen molar-refractivity contribution >= 4 is 34.5 Å². The van der Waals surface area contributed by atoms with Crippen molar-refractivity contribution < 1.29 is 14.3 Å². The molecular formula is C16H18ClN3O3S. The van der Waals surface area contributed by atoms with Gasteiger partial charge in [0.05, 0.1) is 32.6 Å². The van der Waals surface area contributed by atoms with Gasteiger partial charge in [-0.25, -0.2) is 4.98 Å². The SMILES string of the molecule is COc1ccc(Cl)cc1NC(=O)c1csc(CN2CCOCC2)n1. The minimum absolute atomic E-state index is 0.278. The quantitative estimate of drug-likeness (QED) is 0.880. The molecule has 1 aliphatic heterocycles. The molecule has 24 heavy (non-hydrogen) atoms. The van der Waals surface area contributed by atoms with Crippen LogP contribution in [0.15, 0.2) is 23.6 Å². The minimum atomic E-state index is -0.278. The molecule has 0 saturated carbocycles. The molecule has 1 aliphatic rings. The number of rotatable bonds is 5. The summed E-state index contributed by atoms with van der Waals surface area (Å²) < 4.78 is 10.6. The van der Waals surface area contributed by atoms with Crippen LogP contribution in [0.5, 0.6) is 5.75 Å². The zero-order chi connectivity index (χ0) is 16.9. The molecule has 1 fully saturated rings. The Bertz CT molecular complexity index is 716. The number of benzene rings is 1. The zero-order valence-electron chi connectivity index (χ0n) is 13.3. The van der Waals surface area contributed by atoms with E-state index in [1.807, 2.05) is 0 Å². The van der Waals surface area contributed by atoms with Gasteiger partial charge < -0.3 is 14.8 Å². The Hall–Kier alpha value is -1.67. The Morgan fingerprint density at radius 3 is 3.00 bits per heavy atom. The third kappa shape index (κ3) is 4.24. The topological polar surface area (TPSA) is 63.7 Å². The van der Waals surface area contributed by atoms with E-state index in [0.29, 0.717) is 22.2 Å². The lowest BCUT2D eigenvalue weighted by molar-refractivity contribution is 0.0341. The number of amides is 1. The third-order valence-corrected chi connectivity index (χ3v) is 4.73. The average Bonchev–Trinajstić information content (AvgIpc) is 3.05. The standard InChI is InChI=1S/C16H18ClN3O3S/c1-22-14-3-2-11(17)8-12(14)19-16(21)13-10-24-15(18-13)9-20-4-6-23-7-5-20/h2-3,8,10H,4-7,9H2,1H3,(H,19,21). The van der Waals surface area contributed by atoms with E-state index in [2.05, 4.69) is 15.2 Å². The molecule has 0 spiro atoms. The van der Waals surface area contributed by atoms with Crippen molar-refractivity contribution in [1.29, 1.82) is 0 Å². The van der Waals surface area contributed by atoms with Gasteiger partial charge in [-0.05, 0) is 18.2 Å². The Morgan fingerprint density at radius 1 is 1.46 bits per heavy atom. The van der Waals surface area contributed by atoms with Gasteiger partial charge >= 0.3 is 0 Å². The molecule has 2 aromatic rings. The number of carbonyl (C=O) groups is 1. The van der Waals surface area contributed by atoms with Crippen molar-refractivity contribution in [2.45, 2.75) is 6.54 Å². The van der Waals surface area contributed by atoms with Crippen LogP contribution in [0.4, 0.5) is 5.69 Å². The van der Waals surface area contributed by atoms with E-state index in [0.717, 1.165) is 37.9 Å². The number of methoxy groups -OCH3 is 1. The zero-order valence-corrected chi connectivity index (χ0v) is 14.8. The summed E-state index contributed by atoms with van der Waals surface area (Å²) in [4.78, 5) is 19.1. The van der Waals surface area contributed by atoms with Crippen LogP contribution in [-0.2, 0) is 11.3 Å². The highest BCUT2D eigenvalue weighted by Gasteiger charge is 2.16. The van der Waals surface area contributed by atoms with Gasteiger partial charge in [0.15, 0.2) is 0 Å². The van der Waals surface area contributed by atoms with Crippen LogP contribution >= 0.6 is 22.9 Å². The first-order valence-corrected chi connectivity index (χ1v) is 8.81. The molecule has 0 unspecified atom stereocenters. The molecule has 0 aliphatic carbocycles. The molecule has 1 amide bonds. The number of morpholine rings is 1. The molecule has 6 nitrogen and oxygen atoms in total. The van der Waals surface area contributed by atoms with Crippen LogP contribution in [0.2, 0.25) is 5.02 Å². The number of ether oxygens (including phenoxy) is 2. The van der Waals surface area contributed by atoms with Crippen molar-refractivity contribution in [2.75, 3.05) is 38.7 Å². The number of aromatic nitrogens is 1. The maximum atomic E-state index is 12.4. The van der Waals surface area contributed by atoms with Gasteiger partial charge in [-0.15, -0.1) is 11.3 Å². The van der Waals surface area contributed by atoms with Gasteiger partial charge in [-0.2, -0.15) is 0 Å². The van der Waals surface area contributed by atoms with E-state index in [1.165, 1.54) is 11.3 Å². The van der Waals surface area contributed by atoms with Crippen LogP contribution in [-0.4, -0.2) is 49.2 Å². The van der Waals surface area contributed by atoms with E-state index < -0.39 is 0 Å². The molecule has 128 valence electrons. The number of halogens is 1. The summed E-state index contributed by atoms with van der Waals surface area (Å²) in [6.45, 7) is 4.00. The number of hydrogen-bond acceptors (Lipinski definition) is 6. The summed E-state index contributed by atoms with van der Waals surface area (Å²) in [6, 6.07) is 5.07. The van der Waals surface area contributed by atoms with Crippen molar-refractivity contribution in [3.8, 4) is 5.75 Å². The number of carbonyl (C=O) groups excluding carboxylic acids is 1. The number of thiazole rings is 1. The highest BCUT2D eigenvalue weighted by molar-refractivity contribution is 7.09. The first kappa shape index (κ1) is 17.2. The summed E-state index contributed by atoms with van der Waals surface area (Å²) in [5.74, 6) is 0.275. The van der Waals surface area contributed by atoms with Crippen molar-refractivity contribution in [1.82, 2.24) is 9.88 Å². The van der Waals surface area contributed by atoms with E-state index in [1.54, 1.807) is 30.7 Å². The summed E-state index contributed by atoms with van der Waals surface area (Å²) in [5, 5.41) is 6.01. The van der Waals surface area contributed by atoms with E-state index >= 15 is 0 Å². The second-order valence-corrected chi connectivity index (χ2v) is 6.69. The molecule has 0 bridgehead atoms. The summed E-state index contributed by atoms with van der Waals surface area (Å²) >= 11 is 7.46. The number of nitrogens with zero attached hydrogens (tertiary/aromatic N) is 2. The Labute approximate surface area is 149 Å². The number of hydrogen-bond donors (Lipinski definition) is 1. The second kappa shape index (κ2) is 7.94. The predicted molar refractivity (Wildman–Crippen MR) is 94.2 cm³/mol. The first-order chi connectivity index (χ1) is 11.7. The van der Waals surface area contributed by atoms with Gasteiger partial charge in [0.1, 0.15) is 16.5 Å². The lowest BCUT2D eigenvalue weighted by Gasteiger charge is -2.25. The normalized spacial score (nSPS) is 15.2. The van der Waals surface area contributed by atoms with Crippen molar-refractivity contribution in [3.05, 3.63) is 39.3 Å². The second-order valence-electron chi connectivity index (χ2n) is 5.31. The monoisotopic (exact) mass is 367 g/mol. The summed E-state index contributed by atoms with van der Waals surface area (Å²) in [7, 11) is 1.54. The van der Waals surface area contributed by atoms with Crippen LogP contribution in [0.1, 0.15) is 15.5 Å². The number of anilines is 1. The third-order valence-electron chi connectivity index (χ3n) is 3.66. The fraction of sp³-hybridized carbons (Fsp3) is 0.375. The molecule has 3 rings (SSSR count). The fourth-order valence-corrected chi connectivity index (χ4v) is 3.39. The molecule has 1 N–H and O–H groups in total. The van der Waals surface area contributed by atoms with Crippen LogP contribution < -0.4 is 10.1 Å². The fourth-order valence-electron chi connectivity index (χ4n) is 2.40. The van der Waals surface area contributed by atoms with Crippen LogP contribution in [0.25, 0.3) is 0 Å². The van der Waals surface area contributed by atoms with Gasteiger partial charge in [0.2, 0.25) is 0 Å². The maximum Gasteiger partial charge on any atom is 0.275 e. The Balaban J connectivity index is 1.66. The largest absolute Gasteiger partial charge is 0.495 e. The molecule has 1 aromatic heterocycles. The van der Waals surface area contributed by atoms with Crippen LogP contribution in [0.3, 0.4) is 0 Å². The molecule has 0 radical (unpaired) electrons. The van der Waals surface area contributed by atoms with Gasteiger partial charge in [-0.3, -0.25) is 9.69 Å². The number of nitrogens with one attached hydrogen (secondary N) is 1. The van der Waals surface area contributed by atoms with Gasteiger partial charge in [0.25, 0.3) is 5.91 Å². The maximum absolute atomic E-state index is 12.4. The lowest BCUT2D eigenvalue weighted by atomic mass is 10.3. The molecule has 1 aromatic carbocycles. The highest BCUT2D eigenvalue weighted by atomic mass is 35.5. The highest BCUT2D eigenvalue weighted by Crippen LogP contribution is 2.28. The van der Waals surface area contributed by atoms with E-state index in [-0.39, 0.29) is 5.91 Å². The van der Waals surface area contributed by atoms with Crippen molar-refractivity contribution in [3.63, 3.8) is 0 Å². The molecule has 8 heteroatoms. The molecule has 1 saturated heterocycles. The average molecular weight is 368 g/mol. The van der Waals surface area contributed by atoms with Gasteiger partial charge in [0, 0.05) is 23.5 Å². The molecule has 0 atom stereocenters. The van der Waals surface area contributed by atoms with E-state index in [4.69, 9.17) is 21.1 Å². The minimum Gasteiger partial charge on any atom is -0.495 e. The van der Waals surface area contributed by atoms with E-state index in [9.17, 15) is 4.79 Å². The predicted octanol–water partition coefficient (Wildman–Crippen LogP) is 2.89. The summed E-state index contributed by atoms with van der Waals surface area (Å²) in [5.41, 5.74) is 0.919. The smallest absolute Gasteiger partial charge is 0.275 e. The first-order valence-electron chi connectivity index (χ1n) is 7.55. The van der Waals surface area contributed by atoms with Gasteiger partial charge in [-0.1, -0.05) is 11.6 Å². The van der Waals surface area contributed by atoms with Crippen LogP contribution in [0, 0.1) is 0 Å². The Morgan fingerprint density at radius 2 is 2.25 bits per heavy atom. The molecular weight excluding hydrogens is 350 g/mol. The summed E-state index contributed by atoms with van der Waals surface area (Å²) in [6.07, 6.45) is 0.